The number of nitro groups is 1. The smallest absolute Gasteiger partial charge is 0.270 e. The Morgan fingerprint density at radius 3 is 2.79 bits per heavy atom. The van der Waals surface area contributed by atoms with Crippen molar-refractivity contribution in [2.75, 3.05) is 5.32 Å². The van der Waals surface area contributed by atoms with E-state index >= 15 is 0 Å². The number of nitrogens with zero attached hydrogens (tertiary/aromatic N) is 1. The maximum Gasteiger partial charge on any atom is 0.270 e. The van der Waals surface area contributed by atoms with Crippen molar-refractivity contribution in [1.29, 1.82) is 0 Å². The average molecular weight is 385 g/mol. The summed E-state index contributed by atoms with van der Waals surface area (Å²) in [6.45, 7) is 1.94. The minimum Gasteiger partial charge on any atom is -0.377 e. The number of nitro benzene ring substituents is 1. The molecule has 0 saturated heterocycles. The van der Waals surface area contributed by atoms with Crippen LogP contribution in [0.4, 0.5) is 11.4 Å². The lowest BCUT2D eigenvalue weighted by Crippen LogP contribution is -2.30. The van der Waals surface area contributed by atoms with Crippen molar-refractivity contribution >= 4 is 27.3 Å². The van der Waals surface area contributed by atoms with Crippen LogP contribution in [0.5, 0.6) is 0 Å². The first-order valence-electron chi connectivity index (χ1n) is 8.03. The Kier molecular flexibility index (Phi) is 3.68. The second-order valence-electron chi connectivity index (χ2n) is 6.48. The summed E-state index contributed by atoms with van der Waals surface area (Å²) in [4.78, 5) is 10.9. The van der Waals surface area contributed by atoms with Gasteiger partial charge >= 0.3 is 0 Å². The molecule has 3 atom stereocenters. The predicted molar refractivity (Wildman–Crippen MR) is 98.3 cm³/mol. The van der Waals surface area contributed by atoms with Gasteiger partial charge in [0.25, 0.3) is 5.69 Å². The van der Waals surface area contributed by atoms with Crippen molar-refractivity contribution in [3.8, 4) is 0 Å². The number of benzene rings is 2. The highest BCUT2D eigenvalue weighted by Crippen LogP contribution is 2.52. The summed E-state index contributed by atoms with van der Waals surface area (Å²) in [6, 6.07) is 11.9. The molecule has 0 fully saturated rings. The molecule has 0 bridgehead atoms. The Labute approximate surface area is 148 Å². The van der Waals surface area contributed by atoms with Crippen molar-refractivity contribution in [2.45, 2.75) is 25.3 Å². The van der Waals surface area contributed by atoms with Crippen molar-refractivity contribution in [3.63, 3.8) is 0 Å². The third-order valence-corrected chi connectivity index (χ3v) is 5.82. The molecule has 0 aromatic heterocycles. The first-order valence-corrected chi connectivity index (χ1v) is 8.82. The van der Waals surface area contributed by atoms with Gasteiger partial charge in [0.15, 0.2) is 0 Å². The van der Waals surface area contributed by atoms with Crippen LogP contribution in [0.25, 0.3) is 0 Å². The van der Waals surface area contributed by atoms with E-state index in [2.05, 4.69) is 51.6 Å². The SMILES string of the molecule is Cc1cc([N+](=O)[O-])cc2c1N[C@H](c1ccccc1Br)[C@@H]1CC=C[C@H]21. The summed E-state index contributed by atoms with van der Waals surface area (Å²) >= 11 is 3.67. The van der Waals surface area contributed by atoms with Crippen molar-refractivity contribution in [1.82, 2.24) is 0 Å². The van der Waals surface area contributed by atoms with Crippen molar-refractivity contribution in [3.05, 3.63) is 79.8 Å². The number of fused-ring (bicyclic) bond motifs is 3. The summed E-state index contributed by atoms with van der Waals surface area (Å²) in [5.74, 6) is 0.592. The highest BCUT2D eigenvalue weighted by molar-refractivity contribution is 9.10. The molecule has 0 unspecified atom stereocenters. The maximum absolute atomic E-state index is 11.2. The van der Waals surface area contributed by atoms with Crippen LogP contribution in [0.3, 0.4) is 0 Å². The summed E-state index contributed by atoms with van der Waals surface area (Å²) in [5, 5.41) is 14.9. The second kappa shape index (κ2) is 5.74. The zero-order valence-electron chi connectivity index (χ0n) is 13.2. The number of rotatable bonds is 2. The van der Waals surface area contributed by atoms with Crippen molar-refractivity contribution in [2.24, 2.45) is 5.92 Å². The molecule has 0 saturated carbocycles. The summed E-state index contributed by atoms with van der Waals surface area (Å²) in [6.07, 6.45) is 5.38. The van der Waals surface area contributed by atoms with Gasteiger partial charge in [0.1, 0.15) is 0 Å². The van der Waals surface area contributed by atoms with Crippen LogP contribution in [0, 0.1) is 23.0 Å². The number of non-ortho nitro benzene ring substituents is 1. The van der Waals surface area contributed by atoms with Gasteiger partial charge in [0, 0.05) is 28.2 Å². The Morgan fingerprint density at radius 2 is 2.04 bits per heavy atom. The number of aryl methyl sites for hydroxylation is 1. The molecule has 24 heavy (non-hydrogen) atoms. The molecule has 1 aliphatic carbocycles. The minimum atomic E-state index is -0.305. The largest absolute Gasteiger partial charge is 0.377 e. The molecule has 1 N–H and O–H groups in total. The lowest BCUT2D eigenvalue weighted by molar-refractivity contribution is -0.385. The lowest BCUT2D eigenvalue weighted by atomic mass is 9.76. The lowest BCUT2D eigenvalue weighted by Gasteiger charge is -2.38. The van der Waals surface area contributed by atoms with E-state index in [1.165, 1.54) is 5.56 Å². The van der Waals surface area contributed by atoms with Crippen molar-refractivity contribution < 1.29 is 4.92 Å². The topological polar surface area (TPSA) is 55.2 Å². The van der Waals surface area contributed by atoms with Crippen LogP contribution in [0.15, 0.2) is 53.0 Å². The molecular weight excluding hydrogens is 368 g/mol. The molecule has 0 amide bonds. The number of halogens is 1. The average Bonchev–Trinajstić information content (AvgIpc) is 3.05. The zero-order chi connectivity index (χ0) is 16.8. The molecular formula is C19H17BrN2O2. The number of hydrogen-bond acceptors (Lipinski definition) is 3. The zero-order valence-corrected chi connectivity index (χ0v) is 14.8. The molecule has 2 aromatic rings. The monoisotopic (exact) mass is 384 g/mol. The molecule has 122 valence electrons. The van der Waals surface area contributed by atoms with E-state index < -0.39 is 0 Å². The Morgan fingerprint density at radius 1 is 1.25 bits per heavy atom. The predicted octanol–water partition coefficient (Wildman–Crippen LogP) is 5.49. The first-order chi connectivity index (χ1) is 11.6. The molecule has 0 spiro atoms. The second-order valence-corrected chi connectivity index (χ2v) is 7.34. The molecule has 2 aliphatic rings. The molecule has 2 aromatic carbocycles. The summed E-state index contributed by atoms with van der Waals surface area (Å²) in [7, 11) is 0. The molecule has 1 aliphatic heterocycles. The normalized spacial score (nSPS) is 24.2. The third-order valence-electron chi connectivity index (χ3n) is 5.10. The van der Waals surface area contributed by atoms with Crippen LogP contribution >= 0.6 is 15.9 Å². The first kappa shape index (κ1) is 15.4. The highest BCUT2D eigenvalue weighted by Gasteiger charge is 2.39. The Balaban J connectivity index is 1.85. The number of nitrogens with one attached hydrogen (secondary N) is 1. The third kappa shape index (κ3) is 2.35. The quantitative estimate of drug-likeness (QED) is 0.422. The van der Waals surface area contributed by atoms with Gasteiger partial charge in [-0.25, -0.2) is 0 Å². The van der Waals surface area contributed by atoms with Crippen LogP contribution in [-0.4, -0.2) is 4.92 Å². The maximum atomic E-state index is 11.2. The molecule has 1 heterocycles. The van der Waals surface area contributed by atoms with E-state index in [-0.39, 0.29) is 22.6 Å². The molecule has 0 radical (unpaired) electrons. The van der Waals surface area contributed by atoms with Gasteiger partial charge in [0.05, 0.1) is 11.0 Å². The highest BCUT2D eigenvalue weighted by atomic mass is 79.9. The van der Waals surface area contributed by atoms with Crippen LogP contribution in [0.1, 0.15) is 35.1 Å². The fraction of sp³-hybridized carbons (Fsp3) is 0.263. The number of hydrogen-bond donors (Lipinski definition) is 1. The fourth-order valence-corrected chi connectivity index (χ4v) is 4.54. The molecule has 4 rings (SSSR count). The Hall–Kier alpha value is -2.14. The van der Waals surface area contributed by atoms with Crippen LogP contribution in [0.2, 0.25) is 0 Å². The van der Waals surface area contributed by atoms with Crippen LogP contribution in [-0.2, 0) is 0 Å². The van der Waals surface area contributed by atoms with Crippen LogP contribution < -0.4 is 5.32 Å². The van der Waals surface area contributed by atoms with Gasteiger partial charge in [-0.1, -0.05) is 46.3 Å². The number of allylic oxidation sites excluding steroid dienone is 2. The number of anilines is 1. The van der Waals surface area contributed by atoms with E-state index in [1.807, 2.05) is 13.0 Å². The van der Waals surface area contributed by atoms with Gasteiger partial charge in [-0.3, -0.25) is 10.1 Å². The summed E-state index contributed by atoms with van der Waals surface area (Å²) in [5.41, 5.74) is 4.42. The molecule has 5 heteroatoms. The van der Waals surface area contributed by atoms with Gasteiger partial charge in [-0.2, -0.15) is 0 Å². The van der Waals surface area contributed by atoms with E-state index in [4.69, 9.17) is 0 Å². The Bertz CT molecular complexity index is 862. The molecule has 4 nitrogen and oxygen atoms in total. The van der Waals surface area contributed by atoms with E-state index in [1.54, 1.807) is 12.1 Å². The van der Waals surface area contributed by atoms with E-state index in [0.29, 0.717) is 5.92 Å². The van der Waals surface area contributed by atoms with Gasteiger partial charge in [0.2, 0.25) is 0 Å². The van der Waals surface area contributed by atoms with Gasteiger partial charge in [-0.15, -0.1) is 0 Å². The van der Waals surface area contributed by atoms with E-state index in [9.17, 15) is 10.1 Å². The van der Waals surface area contributed by atoms with Gasteiger partial charge < -0.3 is 5.32 Å². The minimum absolute atomic E-state index is 0.173. The van der Waals surface area contributed by atoms with E-state index in [0.717, 1.165) is 27.7 Å². The fourth-order valence-electron chi connectivity index (χ4n) is 4.01. The van der Waals surface area contributed by atoms with Gasteiger partial charge in [-0.05, 0) is 42.0 Å². The standard InChI is InChI=1S/C19H17BrN2O2/c1-11-9-12(22(23)24)10-16-13-6-4-7-14(13)19(21-18(11)16)15-5-2-3-8-17(15)20/h2-6,8-10,13-14,19,21H,7H2,1H3/t13-,14+,19-/m0/s1. The summed E-state index contributed by atoms with van der Waals surface area (Å²) < 4.78 is 1.09.